The molecule has 0 spiro atoms. The van der Waals surface area contributed by atoms with Gasteiger partial charge in [-0.05, 0) is 29.7 Å². The van der Waals surface area contributed by atoms with Crippen molar-refractivity contribution in [3.05, 3.63) is 27.1 Å². The number of fused-ring (bicyclic) bond motifs is 1. The van der Waals surface area contributed by atoms with Crippen molar-refractivity contribution in [2.75, 3.05) is 0 Å². The second kappa shape index (κ2) is 5.43. The summed E-state index contributed by atoms with van der Waals surface area (Å²) in [5, 5.41) is 17.7. The highest BCUT2D eigenvalue weighted by molar-refractivity contribution is 7.98. The standard InChI is InChI=1S/C12H13N7OS2/c1-2-9-15-19-10(20)5-7(13-11(19)22-9)6-21-12-14-16-17-18(12)8-3-4-8/h5,8H,2-4,6H2,1H3. The van der Waals surface area contributed by atoms with E-state index in [-0.39, 0.29) is 5.56 Å². The van der Waals surface area contributed by atoms with Crippen LogP contribution in [-0.2, 0) is 12.2 Å². The maximum atomic E-state index is 12.1. The molecule has 0 saturated heterocycles. The van der Waals surface area contributed by atoms with E-state index < -0.39 is 0 Å². The molecule has 0 unspecified atom stereocenters. The zero-order chi connectivity index (χ0) is 15.1. The Balaban J connectivity index is 1.58. The maximum absolute atomic E-state index is 12.1. The molecule has 1 saturated carbocycles. The molecule has 10 heteroatoms. The molecule has 0 bridgehead atoms. The molecule has 0 aromatic carbocycles. The normalized spacial score (nSPS) is 14.8. The number of tetrazole rings is 1. The van der Waals surface area contributed by atoms with E-state index in [2.05, 4.69) is 25.6 Å². The van der Waals surface area contributed by atoms with Crippen LogP contribution in [0.2, 0.25) is 0 Å². The summed E-state index contributed by atoms with van der Waals surface area (Å²) in [5.41, 5.74) is 0.588. The Hall–Kier alpha value is -1.81. The van der Waals surface area contributed by atoms with Crippen LogP contribution in [0.15, 0.2) is 16.0 Å². The van der Waals surface area contributed by atoms with Gasteiger partial charge in [0.2, 0.25) is 10.1 Å². The average Bonchev–Trinajstić information content (AvgIpc) is 3.10. The lowest BCUT2D eigenvalue weighted by Crippen LogP contribution is -2.15. The van der Waals surface area contributed by atoms with Crippen LogP contribution in [0.1, 0.15) is 36.5 Å². The number of hydrogen-bond acceptors (Lipinski definition) is 8. The van der Waals surface area contributed by atoms with E-state index in [0.717, 1.165) is 35.1 Å². The molecule has 22 heavy (non-hydrogen) atoms. The summed E-state index contributed by atoms with van der Waals surface area (Å²) in [6, 6.07) is 1.97. The van der Waals surface area contributed by atoms with Crippen molar-refractivity contribution in [3.8, 4) is 0 Å². The molecule has 0 atom stereocenters. The monoisotopic (exact) mass is 335 g/mol. The minimum atomic E-state index is -0.140. The quantitative estimate of drug-likeness (QED) is 0.650. The predicted molar refractivity (Wildman–Crippen MR) is 82.2 cm³/mol. The molecule has 3 aromatic heterocycles. The van der Waals surface area contributed by atoms with Crippen molar-refractivity contribution >= 4 is 28.1 Å². The van der Waals surface area contributed by atoms with Crippen LogP contribution in [-0.4, -0.2) is 34.8 Å². The van der Waals surface area contributed by atoms with Gasteiger partial charge in [-0.15, -0.1) is 5.10 Å². The number of rotatable bonds is 5. The van der Waals surface area contributed by atoms with Gasteiger partial charge >= 0.3 is 0 Å². The van der Waals surface area contributed by atoms with Gasteiger partial charge in [0.05, 0.1) is 11.7 Å². The fraction of sp³-hybridized carbons (Fsp3) is 0.500. The Morgan fingerprint density at radius 3 is 3.09 bits per heavy atom. The smallest absolute Gasteiger partial charge is 0.267 e. The molecule has 0 amide bonds. The molecule has 1 aliphatic carbocycles. The molecule has 114 valence electrons. The predicted octanol–water partition coefficient (Wildman–Crippen LogP) is 1.33. The number of thioether (sulfide) groups is 1. The van der Waals surface area contributed by atoms with Gasteiger partial charge in [0.15, 0.2) is 0 Å². The van der Waals surface area contributed by atoms with Gasteiger partial charge < -0.3 is 0 Å². The largest absolute Gasteiger partial charge is 0.275 e. The van der Waals surface area contributed by atoms with E-state index in [4.69, 9.17) is 0 Å². The molecule has 1 aliphatic rings. The molecular weight excluding hydrogens is 322 g/mol. The minimum absolute atomic E-state index is 0.140. The first kappa shape index (κ1) is 13.8. The lowest BCUT2D eigenvalue weighted by molar-refractivity contribution is 0.565. The van der Waals surface area contributed by atoms with E-state index in [1.54, 1.807) is 0 Å². The van der Waals surface area contributed by atoms with Crippen LogP contribution in [0.25, 0.3) is 4.96 Å². The molecular formula is C12H13N7OS2. The Morgan fingerprint density at radius 1 is 1.45 bits per heavy atom. The summed E-state index contributed by atoms with van der Waals surface area (Å²) in [7, 11) is 0. The molecule has 3 aromatic rings. The Kier molecular flexibility index (Phi) is 3.41. The summed E-state index contributed by atoms with van der Waals surface area (Å²) in [4.78, 5) is 17.2. The van der Waals surface area contributed by atoms with Gasteiger partial charge in [0.25, 0.3) is 5.56 Å². The molecule has 0 radical (unpaired) electrons. The van der Waals surface area contributed by atoms with Gasteiger partial charge in [-0.1, -0.05) is 30.0 Å². The number of aryl methyl sites for hydroxylation is 1. The van der Waals surface area contributed by atoms with Crippen LogP contribution >= 0.6 is 23.1 Å². The first-order valence-electron chi connectivity index (χ1n) is 7.04. The summed E-state index contributed by atoms with van der Waals surface area (Å²) >= 11 is 2.96. The van der Waals surface area contributed by atoms with Crippen LogP contribution in [0.4, 0.5) is 0 Å². The van der Waals surface area contributed by atoms with Crippen LogP contribution in [0.3, 0.4) is 0 Å². The Morgan fingerprint density at radius 2 is 2.32 bits per heavy atom. The number of aromatic nitrogens is 7. The lowest BCUT2D eigenvalue weighted by Gasteiger charge is -2.01. The molecule has 0 aliphatic heterocycles. The molecule has 3 heterocycles. The maximum Gasteiger partial charge on any atom is 0.275 e. The lowest BCUT2D eigenvalue weighted by atomic mass is 10.4. The fourth-order valence-electron chi connectivity index (χ4n) is 2.08. The van der Waals surface area contributed by atoms with Crippen molar-refractivity contribution < 1.29 is 0 Å². The fourth-order valence-corrected chi connectivity index (χ4v) is 3.77. The van der Waals surface area contributed by atoms with Gasteiger partial charge in [-0.3, -0.25) is 4.79 Å². The third-order valence-electron chi connectivity index (χ3n) is 3.35. The number of hydrogen-bond donors (Lipinski definition) is 0. The topological polar surface area (TPSA) is 90.9 Å². The minimum Gasteiger partial charge on any atom is -0.267 e. The average molecular weight is 335 g/mol. The third-order valence-corrected chi connectivity index (χ3v) is 5.37. The van der Waals surface area contributed by atoms with Crippen molar-refractivity contribution in [1.29, 1.82) is 0 Å². The second-order valence-electron chi connectivity index (χ2n) is 5.06. The molecule has 1 fully saturated rings. The van der Waals surface area contributed by atoms with E-state index in [0.29, 0.717) is 16.8 Å². The van der Waals surface area contributed by atoms with Crippen molar-refractivity contribution in [3.63, 3.8) is 0 Å². The number of nitrogens with zero attached hydrogens (tertiary/aromatic N) is 7. The van der Waals surface area contributed by atoms with E-state index in [9.17, 15) is 4.79 Å². The van der Waals surface area contributed by atoms with Crippen LogP contribution < -0.4 is 5.56 Å². The Bertz CT molecular complexity index is 879. The highest BCUT2D eigenvalue weighted by Gasteiger charge is 2.27. The first-order chi connectivity index (χ1) is 10.7. The zero-order valence-electron chi connectivity index (χ0n) is 11.8. The van der Waals surface area contributed by atoms with E-state index >= 15 is 0 Å². The summed E-state index contributed by atoms with van der Waals surface area (Å²) in [5.74, 6) is 0.568. The van der Waals surface area contributed by atoms with E-state index in [1.807, 2.05) is 11.6 Å². The highest BCUT2D eigenvalue weighted by Crippen LogP contribution is 2.36. The van der Waals surface area contributed by atoms with Gasteiger partial charge in [-0.25, -0.2) is 9.67 Å². The Labute approximate surface area is 133 Å². The molecule has 4 rings (SSSR count). The third kappa shape index (κ3) is 2.52. The van der Waals surface area contributed by atoms with Crippen molar-refractivity contribution in [1.82, 2.24) is 34.8 Å². The summed E-state index contributed by atoms with van der Waals surface area (Å²) < 4.78 is 3.23. The first-order valence-corrected chi connectivity index (χ1v) is 8.84. The second-order valence-corrected chi connectivity index (χ2v) is 7.04. The summed E-state index contributed by atoms with van der Waals surface area (Å²) in [6.07, 6.45) is 3.06. The summed E-state index contributed by atoms with van der Waals surface area (Å²) in [6.45, 7) is 2.01. The van der Waals surface area contributed by atoms with Crippen molar-refractivity contribution in [2.24, 2.45) is 0 Å². The molecule has 0 N–H and O–H groups in total. The van der Waals surface area contributed by atoms with Crippen LogP contribution in [0.5, 0.6) is 0 Å². The highest BCUT2D eigenvalue weighted by atomic mass is 32.2. The zero-order valence-corrected chi connectivity index (χ0v) is 13.5. The van der Waals surface area contributed by atoms with E-state index in [1.165, 1.54) is 33.7 Å². The van der Waals surface area contributed by atoms with Gasteiger partial charge in [-0.2, -0.15) is 9.61 Å². The van der Waals surface area contributed by atoms with Crippen molar-refractivity contribution in [2.45, 2.75) is 43.1 Å². The van der Waals surface area contributed by atoms with Gasteiger partial charge in [0.1, 0.15) is 5.01 Å². The van der Waals surface area contributed by atoms with Crippen LogP contribution in [0, 0.1) is 0 Å². The molecule has 8 nitrogen and oxygen atoms in total. The van der Waals surface area contributed by atoms with Gasteiger partial charge in [0, 0.05) is 11.8 Å². The SMILES string of the molecule is CCc1nn2c(=O)cc(CSc3nnnn3C3CC3)nc2s1.